The maximum Gasteiger partial charge on any atom is 0.359 e. The van der Waals surface area contributed by atoms with E-state index >= 15 is 0 Å². The fourth-order valence-electron chi connectivity index (χ4n) is 3.46. The van der Waals surface area contributed by atoms with Crippen LogP contribution in [0.15, 0.2) is 51.8 Å². The highest BCUT2D eigenvalue weighted by Crippen LogP contribution is 2.31. The zero-order valence-corrected chi connectivity index (χ0v) is 19.3. The third-order valence-electron chi connectivity index (χ3n) is 5.04. The minimum absolute atomic E-state index is 0.0485. The predicted octanol–water partition coefficient (Wildman–Crippen LogP) is 3.48. The van der Waals surface area contributed by atoms with E-state index in [1.807, 2.05) is 13.8 Å². The average Bonchev–Trinajstić information content (AvgIpc) is 3.32. The van der Waals surface area contributed by atoms with Gasteiger partial charge in [-0.05, 0) is 24.1 Å². The molecule has 0 bridgehead atoms. The molecule has 10 nitrogen and oxygen atoms in total. The SMILES string of the molecule is COc1ccc(-c2noc(COC(=O)c3nn(CC(C)C)c(=O)c4ccccc34)n2)c(OC)c1. The van der Waals surface area contributed by atoms with E-state index in [9.17, 15) is 9.59 Å². The van der Waals surface area contributed by atoms with E-state index in [1.165, 1.54) is 11.8 Å². The van der Waals surface area contributed by atoms with Gasteiger partial charge in [-0.2, -0.15) is 10.1 Å². The number of benzene rings is 2. The topological polar surface area (TPSA) is 119 Å². The van der Waals surface area contributed by atoms with Crippen LogP contribution in [-0.2, 0) is 17.9 Å². The van der Waals surface area contributed by atoms with Crippen molar-refractivity contribution in [1.29, 1.82) is 0 Å². The Morgan fingerprint density at radius 2 is 1.85 bits per heavy atom. The van der Waals surface area contributed by atoms with E-state index < -0.39 is 5.97 Å². The molecule has 0 unspecified atom stereocenters. The van der Waals surface area contributed by atoms with Gasteiger partial charge in [-0.25, -0.2) is 9.48 Å². The minimum Gasteiger partial charge on any atom is -0.497 e. The van der Waals surface area contributed by atoms with Crippen molar-refractivity contribution in [3.05, 3.63) is 64.4 Å². The van der Waals surface area contributed by atoms with E-state index in [-0.39, 0.29) is 35.5 Å². The number of hydrogen-bond donors (Lipinski definition) is 0. The Balaban J connectivity index is 1.57. The molecule has 0 aliphatic rings. The quantitative estimate of drug-likeness (QED) is 0.361. The van der Waals surface area contributed by atoms with Crippen LogP contribution in [0.1, 0.15) is 30.2 Å². The summed E-state index contributed by atoms with van der Waals surface area (Å²) in [5, 5.41) is 9.05. The van der Waals surface area contributed by atoms with Gasteiger partial charge in [0.1, 0.15) is 11.5 Å². The molecule has 0 aliphatic heterocycles. The smallest absolute Gasteiger partial charge is 0.359 e. The van der Waals surface area contributed by atoms with Gasteiger partial charge in [0, 0.05) is 18.0 Å². The second-order valence-corrected chi connectivity index (χ2v) is 7.93. The zero-order chi connectivity index (χ0) is 24.2. The lowest BCUT2D eigenvalue weighted by Crippen LogP contribution is -2.28. The van der Waals surface area contributed by atoms with Crippen molar-refractivity contribution in [2.24, 2.45) is 5.92 Å². The molecule has 0 radical (unpaired) electrons. The lowest BCUT2D eigenvalue weighted by atomic mass is 10.1. The summed E-state index contributed by atoms with van der Waals surface area (Å²) in [4.78, 5) is 29.9. The second kappa shape index (κ2) is 9.74. The molecule has 0 saturated heterocycles. The summed E-state index contributed by atoms with van der Waals surface area (Å²) < 4.78 is 22.5. The van der Waals surface area contributed by atoms with Crippen molar-refractivity contribution in [1.82, 2.24) is 19.9 Å². The van der Waals surface area contributed by atoms with Crippen LogP contribution < -0.4 is 15.0 Å². The number of ether oxygens (including phenoxy) is 3. The fourth-order valence-corrected chi connectivity index (χ4v) is 3.46. The first-order valence-corrected chi connectivity index (χ1v) is 10.6. The van der Waals surface area contributed by atoms with Crippen LogP contribution in [0.3, 0.4) is 0 Å². The first-order chi connectivity index (χ1) is 16.4. The molecule has 34 heavy (non-hydrogen) atoms. The number of hydrogen-bond acceptors (Lipinski definition) is 9. The summed E-state index contributed by atoms with van der Waals surface area (Å²) in [5.41, 5.74) is 0.390. The number of carbonyl (C=O) groups is 1. The second-order valence-electron chi connectivity index (χ2n) is 7.93. The van der Waals surface area contributed by atoms with Gasteiger partial charge in [0.05, 0.1) is 25.2 Å². The Labute approximate surface area is 195 Å². The van der Waals surface area contributed by atoms with E-state index in [2.05, 4.69) is 15.2 Å². The van der Waals surface area contributed by atoms with Gasteiger partial charge in [-0.1, -0.05) is 37.2 Å². The van der Waals surface area contributed by atoms with Crippen LogP contribution in [0, 0.1) is 5.92 Å². The molecule has 0 N–H and O–H groups in total. The fraction of sp³-hybridized carbons (Fsp3) is 0.292. The summed E-state index contributed by atoms with van der Waals surface area (Å²) in [5.74, 6) is 0.974. The summed E-state index contributed by atoms with van der Waals surface area (Å²) in [6.07, 6.45) is 0. The monoisotopic (exact) mass is 464 g/mol. The molecule has 2 aromatic carbocycles. The van der Waals surface area contributed by atoms with E-state index in [0.717, 1.165) is 0 Å². The molecule has 0 saturated carbocycles. The van der Waals surface area contributed by atoms with Crippen LogP contribution in [0.2, 0.25) is 0 Å². The van der Waals surface area contributed by atoms with Crippen LogP contribution in [0.25, 0.3) is 22.2 Å². The van der Waals surface area contributed by atoms with Gasteiger partial charge in [0.15, 0.2) is 12.3 Å². The van der Waals surface area contributed by atoms with Crippen molar-refractivity contribution in [3.8, 4) is 22.9 Å². The molecule has 10 heteroatoms. The molecule has 176 valence electrons. The van der Waals surface area contributed by atoms with Crippen LogP contribution in [0.4, 0.5) is 0 Å². The molecule has 0 fully saturated rings. The van der Waals surface area contributed by atoms with Gasteiger partial charge < -0.3 is 18.7 Å². The van der Waals surface area contributed by atoms with Gasteiger partial charge >= 0.3 is 5.97 Å². The van der Waals surface area contributed by atoms with E-state index in [1.54, 1.807) is 49.6 Å². The molecule has 0 atom stereocenters. The van der Waals surface area contributed by atoms with Gasteiger partial charge in [0.25, 0.3) is 11.4 Å². The lowest BCUT2D eigenvalue weighted by molar-refractivity contribution is 0.0422. The third-order valence-corrected chi connectivity index (χ3v) is 5.04. The standard InChI is InChI=1S/C24H24N4O6/c1-14(2)12-28-23(29)17-8-6-5-7-16(17)21(26-28)24(30)33-13-20-25-22(27-34-20)18-10-9-15(31-3)11-19(18)32-4/h5-11,14H,12-13H2,1-4H3. The molecule has 4 rings (SSSR count). The Hall–Kier alpha value is -4.21. The Morgan fingerprint density at radius 1 is 1.09 bits per heavy atom. The predicted molar refractivity (Wildman–Crippen MR) is 123 cm³/mol. The Morgan fingerprint density at radius 3 is 2.56 bits per heavy atom. The van der Waals surface area contributed by atoms with E-state index in [4.69, 9.17) is 18.7 Å². The lowest BCUT2D eigenvalue weighted by Gasteiger charge is -2.11. The molecule has 0 aliphatic carbocycles. The van der Waals surface area contributed by atoms with Crippen molar-refractivity contribution in [3.63, 3.8) is 0 Å². The van der Waals surface area contributed by atoms with Gasteiger partial charge in [-0.15, -0.1) is 0 Å². The number of esters is 1. The third kappa shape index (κ3) is 4.61. The summed E-state index contributed by atoms with van der Waals surface area (Å²) in [6, 6.07) is 12.0. The first kappa shape index (κ1) is 23.0. The maximum atomic E-state index is 12.9. The highest BCUT2D eigenvalue weighted by atomic mass is 16.6. The number of nitrogens with zero attached hydrogens (tertiary/aromatic N) is 4. The number of carbonyl (C=O) groups excluding carboxylic acids is 1. The summed E-state index contributed by atoms with van der Waals surface area (Å²) >= 11 is 0. The summed E-state index contributed by atoms with van der Waals surface area (Å²) in [6.45, 7) is 4.04. The number of methoxy groups -OCH3 is 2. The molecule has 2 heterocycles. The van der Waals surface area contributed by atoms with Crippen molar-refractivity contribution in [2.75, 3.05) is 14.2 Å². The number of fused-ring (bicyclic) bond motifs is 1. The molecule has 0 spiro atoms. The highest BCUT2D eigenvalue weighted by molar-refractivity contribution is 6.02. The number of aromatic nitrogens is 4. The molecule has 4 aromatic rings. The van der Waals surface area contributed by atoms with Crippen molar-refractivity contribution in [2.45, 2.75) is 27.0 Å². The molecule has 2 aromatic heterocycles. The number of rotatable bonds is 8. The van der Waals surface area contributed by atoms with Crippen LogP contribution >= 0.6 is 0 Å². The maximum absolute atomic E-state index is 12.9. The van der Waals surface area contributed by atoms with Crippen LogP contribution in [-0.4, -0.2) is 40.1 Å². The van der Waals surface area contributed by atoms with Crippen LogP contribution in [0.5, 0.6) is 11.5 Å². The largest absolute Gasteiger partial charge is 0.497 e. The van der Waals surface area contributed by atoms with Crippen molar-refractivity contribution < 1.29 is 23.5 Å². The minimum atomic E-state index is -0.699. The normalized spacial score (nSPS) is 11.1. The Kier molecular flexibility index (Phi) is 6.58. The zero-order valence-electron chi connectivity index (χ0n) is 19.3. The average molecular weight is 464 g/mol. The molecular formula is C24H24N4O6. The molecular weight excluding hydrogens is 440 g/mol. The highest BCUT2D eigenvalue weighted by Gasteiger charge is 2.20. The van der Waals surface area contributed by atoms with Gasteiger partial charge in [-0.3, -0.25) is 4.79 Å². The molecule has 0 amide bonds. The van der Waals surface area contributed by atoms with Gasteiger partial charge in [0.2, 0.25) is 5.82 Å². The van der Waals surface area contributed by atoms with Crippen molar-refractivity contribution >= 4 is 16.7 Å². The van der Waals surface area contributed by atoms with E-state index in [0.29, 0.717) is 34.4 Å². The first-order valence-electron chi connectivity index (χ1n) is 10.6. The Bertz CT molecular complexity index is 1390. The summed E-state index contributed by atoms with van der Waals surface area (Å²) in [7, 11) is 3.08.